The molecule has 0 saturated heterocycles. The lowest BCUT2D eigenvalue weighted by atomic mass is 10.1. The Labute approximate surface area is 121 Å². The van der Waals surface area contributed by atoms with Gasteiger partial charge in [-0.1, -0.05) is 6.08 Å². The fraction of sp³-hybridized carbons (Fsp3) is 0.438. The largest absolute Gasteiger partial charge is 0.384 e. The molecule has 0 aliphatic carbocycles. The van der Waals surface area contributed by atoms with Crippen LogP contribution in [-0.2, 0) is 0 Å². The van der Waals surface area contributed by atoms with Crippen LogP contribution < -0.4 is 16.0 Å². The van der Waals surface area contributed by atoms with Crippen molar-refractivity contribution in [1.29, 1.82) is 0 Å². The van der Waals surface area contributed by atoms with Crippen LogP contribution in [0, 0.1) is 0 Å². The van der Waals surface area contributed by atoms with Crippen LogP contribution in [0.25, 0.3) is 0 Å². The summed E-state index contributed by atoms with van der Waals surface area (Å²) in [7, 11) is 0. The summed E-state index contributed by atoms with van der Waals surface area (Å²) in [6.45, 7) is 12.2. The zero-order chi connectivity index (χ0) is 15.0. The maximum Gasteiger partial charge on any atom is 0.251 e. The van der Waals surface area contributed by atoms with Crippen molar-refractivity contribution in [3.8, 4) is 0 Å². The first-order chi connectivity index (χ1) is 9.42. The minimum absolute atomic E-state index is 0.0779. The molecule has 0 bridgehead atoms. The summed E-state index contributed by atoms with van der Waals surface area (Å²) in [5, 5.41) is 9.47. The number of anilines is 1. The van der Waals surface area contributed by atoms with Crippen molar-refractivity contribution < 1.29 is 4.79 Å². The first kappa shape index (κ1) is 16.2. The Kier molecular flexibility index (Phi) is 6.25. The zero-order valence-corrected chi connectivity index (χ0v) is 12.6. The van der Waals surface area contributed by atoms with Gasteiger partial charge in [-0.25, -0.2) is 0 Å². The molecule has 3 N–H and O–H groups in total. The molecular formula is C16H25N3O. The van der Waals surface area contributed by atoms with Crippen molar-refractivity contribution in [2.24, 2.45) is 0 Å². The fourth-order valence-electron chi connectivity index (χ4n) is 1.65. The number of benzene rings is 1. The van der Waals surface area contributed by atoms with E-state index in [1.807, 2.05) is 24.3 Å². The highest BCUT2D eigenvalue weighted by Crippen LogP contribution is 2.09. The van der Waals surface area contributed by atoms with Gasteiger partial charge in [-0.2, -0.15) is 0 Å². The summed E-state index contributed by atoms with van der Waals surface area (Å²) in [5.74, 6) is -0.0779. The van der Waals surface area contributed by atoms with Crippen LogP contribution in [-0.4, -0.2) is 31.1 Å². The predicted octanol–water partition coefficient (Wildman–Crippen LogP) is 2.40. The summed E-state index contributed by atoms with van der Waals surface area (Å²) < 4.78 is 0. The van der Waals surface area contributed by atoms with Crippen molar-refractivity contribution in [2.75, 3.05) is 25.0 Å². The van der Waals surface area contributed by atoms with E-state index in [0.717, 1.165) is 18.8 Å². The lowest BCUT2D eigenvalue weighted by Gasteiger charge is -2.20. The van der Waals surface area contributed by atoms with Gasteiger partial charge in [0.05, 0.1) is 0 Å². The van der Waals surface area contributed by atoms with E-state index in [0.29, 0.717) is 12.1 Å². The standard InChI is InChI=1S/C16H25N3O/c1-5-10-18-15(20)13-6-8-14(9-7-13)17-11-12-19-16(2,3)4/h5-9,17,19H,1,10-12H2,2-4H3,(H,18,20). The number of carbonyl (C=O) groups is 1. The fourth-order valence-corrected chi connectivity index (χ4v) is 1.65. The van der Waals surface area contributed by atoms with Gasteiger partial charge in [-0.15, -0.1) is 6.58 Å². The van der Waals surface area contributed by atoms with Crippen LogP contribution in [0.4, 0.5) is 5.69 Å². The summed E-state index contributed by atoms with van der Waals surface area (Å²) >= 11 is 0. The van der Waals surface area contributed by atoms with Gasteiger partial charge >= 0.3 is 0 Å². The maximum atomic E-state index is 11.7. The molecule has 4 heteroatoms. The number of nitrogens with one attached hydrogen (secondary N) is 3. The lowest BCUT2D eigenvalue weighted by molar-refractivity contribution is 0.0958. The molecule has 0 heterocycles. The van der Waals surface area contributed by atoms with E-state index in [1.165, 1.54) is 0 Å². The smallest absolute Gasteiger partial charge is 0.251 e. The minimum atomic E-state index is -0.0779. The number of amides is 1. The molecule has 1 aromatic carbocycles. The second kappa shape index (κ2) is 7.70. The molecule has 4 nitrogen and oxygen atoms in total. The van der Waals surface area contributed by atoms with E-state index in [2.05, 4.69) is 43.3 Å². The Balaban J connectivity index is 2.39. The molecule has 1 rings (SSSR count). The lowest BCUT2D eigenvalue weighted by Crippen LogP contribution is -2.38. The van der Waals surface area contributed by atoms with Gasteiger partial charge in [-0.05, 0) is 45.0 Å². The summed E-state index contributed by atoms with van der Waals surface area (Å²) in [5.41, 5.74) is 1.81. The maximum absolute atomic E-state index is 11.7. The van der Waals surface area contributed by atoms with E-state index < -0.39 is 0 Å². The summed E-state index contributed by atoms with van der Waals surface area (Å²) in [4.78, 5) is 11.7. The summed E-state index contributed by atoms with van der Waals surface area (Å²) in [6.07, 6.45) is 1.66. The topological polar surface area (TPSA) is 53.2 Å². The van der Waals surface area contributed by atoms with Crippen LogP contribution in [0.15, 0.2) is 36.9 Å². The summed E-state index contributed by atoms with van der Waals surface area (Å²) in [6, 6.07) is 7.47. The van der Waals surface area contributed by atoms with Gasteiger partial charge in [0, 0.05) is 36.4 Å². The average Bonchev–Trinajstić information content (AvgIpc) is 2.40. The van der Waals surface area contributed by atoms with Gasteiger partial charge in [-0.3, -0.25) is 4.79 Å². The van der Waals surface area contributed by atoms with Crippen LogP contribution in [0.1, 0.15) is 31.1 Å². The zero-order valence-electron chi connectivity index (χ0n) is 12.6. The Morgan fingerprint density at radius 3 is 2.40 bits per heavy atom. The van der Waals surface area contributed by atoms with Crippen molar-refractivity contribution in [1.82, 2.24) is 10.6 Å². The van der Waals surface area contributed by atoms with Crippen molar-refractivity contribution >= 4 is 11.6 Å². The Morgan fingerprint density at radius 1 is 1.20 bits per heavy atom. The molecule has 0 saturated carbocycles. The normalized spacial score (nSPS) is 10.9. The molecule has 1 aromatic rings. The van der Waals surface area contributed by atoms with E-state index in [1.54, 1.807) is 6.08 Å². The van der Waals surface area contributed by atoms with Crippen LogP contribution in [0.5, 0.6) is 0 Å². The first-order valence-corrected chi connectivity index (χ1v) is 6.90. The molecule has 0 spiro atoms. The second-order valence-corrected chi connectivity index (χ2v) is 5.68. The third kappa shape index (κ3) is 6.38. The predicted molar refractivity (Wildman–Crippen MR) is 85.2 cm³/mol. The molecule has 0 unspecified atom stereocenters. The van der Waals surface area contributed by atoms with E-state index in [9.17, 15) is 4.79 Å². The van der Waals surface area contributed by atoms with Crippen LogP contribution in [0.2, 0.25) is 0 Å². The number of rotatable bonds is 7. The number of hydrogen-bond donors (Lipinski definition) is 3. The molecule has 0 aliphatic heterocycles. The minimum Gasteiger partial charge on any atom is -0.384 e. The SMILES string of the molecule is C=CCNC(=O)c1ccc(NCCNC(C)(C)C)cc1. The molecule has 1 amide bonds. The third-order valence-corrected chi connectivity index (χ3v) is 2.66. The molecule has 20 heavy (non-hydrogen) atoms. The second-order valence-electron chi connectivity index (χ2n) is 5.68. The highest BCUT2D eigenvalue weighted by atomic mass is 16.1. The molecule has 0 atom stereocenters. The third-order valence-electron chi connectivity index (χ3n) is 2.66. The Morgan fingerprint density at radius 2 is 1.85 bits per heavy atom. The van der Waals surface area contributed by atoms with Crippen molar-refractivity contribution in [2.45, 2.75) is 26.3 Å². The molecular weight excluding hydrogens is 250 g/mol. The molecule has 0 aliphatic rings. The van der Waals surface area contributed by atoms with Crippen molar-refractivity contribution in [3.05, 3.63) is 42.5 Å². The average molecular weight is 275 g/mol. The van der Waals surface area contributed by atoms with Gasteiger partial charge in [0.1, 0.15) is 0 Å². The number of hydrogen-bond acceptors (Lipinski definition) is 3. The monoisotopic (exact) mass is 275 g/mol. The quantitative estimate of drug-likeness (QED) is 0.529. The van der Waals surface area contributed by atoms with Crippen LogP contribution >= 0.6 is 0 Å². The van der Waals surface area contributed by atoms with E-state index in [-0.39, 0.29) is 11.4 Å². The van der Waals surface area contributed by atoms with Gasteiger partial charge in [0.2, 0.25) is 0 Å². The molecule has 110 valence electrons. The van der Waals surface area contributed by atoms with Gasteiger partial charge < -0.3 is 16.0 Å². The Bertz CT molecular complexity index is 432. The van der Waals surface area contributed by atoms with Gasteiger partial charge in [0.25, 0.3) is 5.91 Å². The first-order valence-electron chi connectivity index (χ1n) is 6.90. The highest BCUT2D eigenvalue weighted by Gasteiger charge is 2.07. The van der Waals surface area contributed by atoms with Crippen LogP contribution in [0.3, 0.4) is 0 Å². The molecule has 0 aromatic heterocycles. The van der Waals surface area contributed by atoms with E-state index >= 15 is 0 Å². The Hall–Kier alpha value is -1.81. The molecule has 0 radical (unpaired) electrons. The van der Waals surface area contributed by atoms with Crippen molar-refractivity contribution in [3.63, 3.8) is 0 Å². The molecule has 0 fully saturated rings. The highest BCUT2D eigenvalue weighted by molar-refractivity contribution is 5.94. The van der Waals surface area contributed by atoms with E-state index in [4.69, 9.17) is 0 Å². The van der Waals surface area contributed by atoms with Gasteiger partial charge in [0.15, 0.2) is 0 Å². The number of carbonyl (C=O) groups excluding carboxylic acids is 1.